The molecule has 0 bridgehead atoms. The van der Waals surface area contributed by atoms with Crippen LogP contribution in [0.4, 0.5) is 11.4 Å². The summed E-state index contributed by atoms with van der Waals surface area (Å²) in [5, 5.41) is 2.99. The predicted molar refractivity (Wildman–Crippen MR) is 105 cm³/mol. The van der Waals surface area contributed by atoms with Gasteiger partial charge in [-0.15, -0.1) is 0 Å². The summed E-state index contributed by atoms with van der Waals surface area (Å²) in [5.41, 5.74) is 4.52. The normalized spacial score (nSPS) is 15.5. The number of hydrogen-bond acceptors (Lipinski definition) is 3. The van der Waals surface area contributed by atoms with E-state index in [4.69, 9.17) is 4.74 Å². The largest absolute Gasteiger partial charge is 0.378 e. The fraction of sp³-hybridized carbons (Fsp3) is 0.381. The van der Waals surface area contributed by atoms with Crippen molar-refractivity contribution in [2.75, 3.05) is 50.1 Å². The number of amides is 1. The van der Waals surface area contributed by atoms with Gasteiger partial charge in [-0.3, -0.25) is 4.79 Å². The van der Waals surface area contributed by atoms with Gasteiger partial charge < -0.3 is 19.9 Å². The van der Waals surface area contributed by atoms with Gasteiger partial charge in [0.2, 0.25) is 0 Å². The number of carbonyl (C=O) groups is 1. The Balaban J connectivity index is 1.48. The molecule has 3 rings (SSSR count). The van der Waals surface area contributed by atoms with Crippen molar-refractivity contribution >= 4 is 17.3 Å². The summed E-state index contributed by atoms with van der Waals surface area (Å²) in [7, 11) is 2.04. The number of benzene rings is 2. The Morgan fingerprint density at radius 3 is 2.38 bits per heavy atom. The van der Waals surface area contributed by atoms with E-state index < -0.39 is 0 Å². The lowest BCUT2D eigenvalue weighted by atomic mass is 10.1. The third-order valence-corrected chi connectivity index (χ3v) is 4.62. The second-order valence-corrected chi connectivity index (χ2v) is 6.99. The summed E-state index contributed by atoms with van der Waals surface area (Å²) in [4.78, 5) is 15.8. The van der Waals surface area contributed by atoms with E-state index in [1.165, 1.54) is 16.8 Å². The molecule has 5 nitrogen and oxygen atoms in total. The highest BCUT2D eigenvalue weighted by molar-refractivity contribution is 5.91. The van der Waals surface area contributed by atoms with E-state index in [-0.39, 0.29) is 5.91 Å². The number of ether oxygens (including phenoxy) is 1. The number of carbonyl (C=O) groups excluding carboxylic acids is 1. The highest BCUT2D eigenvalue weighted by Crippen LogP contribution is 2.18. The molecule has 1 atom stereocenters. The topological polar surface area (TPSA) is 46.0 Å². The third kappa shape index (κ3) is 5.31. The summed E-state index contributed by atoms with van der Waals surface area (Å²) in [6.07, 6.45) is 0. The Hall–Kier alpha value is -2.37. The van der Waals surface area contributed by atoms with Crippen molar-refractivity contribution < 1.29 is 14.4 Å². The van der Waals surface area contributed by atoms with Crippen LogP contribution in [0.15, 0.2) is 48.5 Å². The number of aryl methyl sites for hydroxylation is 1. The van der Waals surface area contributed by atoms with Crippen LogP contribution in [0.25, 0.3) is 0 Å². The predicted octanol–water partition coefficient (Wildman–Crippen LogP) is 1.49. The summed E-state index contributed by atoms with van der Waals surface area (Å²) >= 11 is 0. The van der Waals surface area contributed by atoms with Gasteiger partial charge in [0.05, 0.1) is 20.3 Å². The molecular weight excluding hydrogens is 326 g/mol. The van der Waals surface area contributed by atoms with Gasteiger partial charge in [0, 0.05) is 30.0 Å². The number of anilines is 2. The zero-order valence-electron chi connectivity index (χ0n) is 15.6. The molecule has 1 saturated heterocycles. The fourth-order valence-corrected chi connectivity index (χ4v) is 3.17. The fourth-order valence-electron chi connectivity index (χ4n) is 3.17. The second-order valence-electron chi connectivity index (χ2n) is 6.99. The summed E-state index contributed by atoms with van der Waals surface area (Å²) < 4.78 is 5.38. The van der Waals surface area contributed by atoms with Crippen LogP contribution in [-0.2, 0) is 16.1 Å². The molecule has 26 heavy (non-hydrogen) atoms. The maximum atomic E-state index is 12.3. The number of nitrogens with zero attached hydrogens (tertiary/aromatic N) is 1. The molecule has 0 radical (unpaired) electrons. The molecule has 1 unspecified atom stereocenters. The van der Waals surface area contributed by atoms with Gasteiger partial charge in [0.15, 0.2) is 6.54 Å². The lowest BCUT2D eigenvalue weighted by Crippen LogP contribution is -3.08. The van der Waals surface area contributed by atoms with Crippen LogP contribution in [0.3, 0.4) is 0 Å². The van der Waals surface area contributed by atoms with E-state index in [0.717, 1.165) is 43.4 Å². The monoisotopic (exact) mass is 354 g/mol. The van der Waals surface area contributed by atoms with Crippen molar-refractivity contribution in [3.05, 3.63) is 59.7 Å². The summed E-state index contributed by atoms with van der Waals surface area (Å²) in [5.74, 6) is 0.0359. The first kappa shape index (κ1) is 18.4. The minimum atomic E-state index is 0.0359. The van der Waals surface area contributed by atoms with Crippen molar-refractivity contribution in [3.8, 4) is 0 Å². The minimum Gasteiger partial charge on any atom is -0.378 e. The first-order valence-corrected chi connectivity index (χ1v) is 9.19. The smallest absolute Gasteiger partial charge is 0.279 e. The standard InChI is InChI=1S/C21H27N3O2/c1-17-3-5-18(6-4-17)15-23(2)16-21(25)22-19-7-9-20(10-8-19)24-11-13-26-14-12-24/h3-10H,11-16H2,1-2H3,(H,22,25)/p+1. The minimum absolute atomic E-state index is 0.0359. The van der Waals surface area contributed by atoms with Gasteiger partial charge in [-0.2, -0.15) is 0 Å². The van der Waals surface area contributed by atoms with E-state index in [1.807, 2.05) is 19.2 Å². The number of rotatable bonds is 6. The van der Waals surface area contributed by atoms with Crippen LogP contribution in [0, 0.1) is 6.92 Å². The van der Waals surface area contributed by atoms with E-state index in [0.29, 0.717) is 6.54 Å². The molecule has 0 spiro atoms. The zero-order chi connectivity index (χ0) is 18.4. The average Bonchev–Trinajstić information content (AvgIpc) is 2.65. The highest BCUT2D eigenvalue weighted by atomic mass is 16.5. The molecule has 5 heteroatoms. The van der Waals surface area contributed by atoms with Gasteiger partial charge in [-0.1, -0.05) is 29.8 Å². The van der Waals surface area contributed by atoms with E-state index in [1.54, 1.807) is 0 Å². The molecule has 1 aliphatic heterocycles. The third-order valence-electron chi connectivity index (χ3n) is 4.62. The van der Waals surface area contributed by atoms with Crippen LogP contribution in [0.5, 0.6) is 0 Å². The number of quaternary nitrogens is 1. The molecule has 1 aliphatic rings. The van der Waals surface area contributed by atoms with Crippen LogP contribution in [0.1, 0.15) is 11.1 Å². The molecule has 138 valence electrons. The van der Waals surface area contributed by atoms with Gasteiger partial charge in [0.25, 0.3) is 5.91 Å². The lowest BCUT2D eigenvalue weighted by Gasteiger charge is -2.28. The molecule has 2 aromatic rings. The molecule has 1 fully saturated rings. The SMILES string of the molecule is Cc1ccc(C[NH+](C)CC(=O)Nc2ccc(N3CCOCC3)cc2)cc1. The molecule has 1 heterocycles. The van der Waals surface area contributed by atoms with Crippen LogP contribution in [-0.4, -0.2) is 45.8 Å². The van der Waals surface area contributed by atoms with E-state index in [9.17, 15) is 4.79 Å². The molecule has 2 aromatic carbocycles. The Kier molecular flexibility index (Phi) is 6.26. The number of morpholine rings is 1. The summed E-state index contributed by atoms with van der Waals surface area (Å²) in [6.45, 7) is 6.74. The highest BCUT2D eigenvalue weighted by Gasteiger charge is 2.13. The first-order chi connectivity index (χ1) is 12.6. The van der Waals surface area contributed by atoms with Crippen molar-refractivity contribution in [3.63, 3.8) is 0 Å². The van der Waals surface area contributed by atoms with Crippen molar-refractivity contribution in [1.82, 2.24) is 0 Å². The van der Waals surface area contributed by atoms with Crippen LogP contribution in [0.2, 0.25) is 0 Å². The van der Waals surface area contributed by atoms with Gasteiger partial charge in [-0.25, -0.2) is 0 Å². The number of nitrogens with one attached hydrogen (secondary N) is 2. The van der Waals surface area contributed by atoms with Gasteiger partial charge >= 0.3 is 0 Å². The van der Waals surface area contributed by atoms with Crippen LogP contribution < -0.4 is 15.1 Å². The molecular formula is C21H28N3O2+. The van der Waals surface area contributed by atoms with Gasteiger partial charge in [0.1, 0.15) is 6.54 Å². The van der Waals surface area contributed by atoms with Crippen LogP contribution >= 0.6 is 0 Å². The quantitative estimate of drug-likeness (QED) is 0.826. The maximum Gasteiger partial charge on any atom is 0.279 e. The van der Waals surface area contributed by atoms with E-state index >= 15 is 0 Å². The molecule has 0 aromatic heterocycles. The van der Waals surface area contributed by atoms with Crippen molar-refractivity contribution in [2.24, 2.45) is 0 Å². The zero-order valence-corrected chi connectivity index (χ0v) is 15.6. The molecule has 0 aliphatic carbocycles. The maximum absolute atomic E-state index is 12.3. The number of likely N-dealkylation sites (N-methyl/N-ethyl adjacent to an activating group) is 1. The Bertz CT molecular complexity index is 707. The number of hydrogen-bond donors (Lipinski definition) is 2. The lowest BCUT2D eigenvalue weighted by molar-refractivity contribution is -0.885. The average molecular weight is 354 g/mol. The van der Waals surface area contributed by atoms with Gasteiger partial charge in [-0.05, 0) is 31.2 Å². The Morgan fingerprint density at radius 2 is 1.73 bits per heavy atom. The molecule has 1 amide bonds. The second kappa shape index (κ2) is 8.83. The first-order valence-electron chi connectivity index (χ1n) is 9.19. The summed E-state index contributed by atoms with van der Waals surface area (Å²) in [6, 6.07) is 16.5. The van der Waals surface area contributed by atoms with E-state index in [2.05, 4.69) is 53.5 Å². The molecule has 2 N–H and O–H groups in total. The van der Waals surface area contributed by atoms with Crippen molar-refractivity contribution in [2.45, 2.75) is 13.5 Å². The molecule has 0 saturated carbocycles. The Labute approximate surface area is 155 Å². The van der Waals surface area contributed by atoms with Crippen molar-refractivity contribution in [1.29, 1.82) is 0 Å². The Morgan fingerprint density at radius 1 is 1.08 bits per heavy atom.